The quantitative estimate of drug-likeness (QED) is 0.509. The third kappa shape index (κ3) is 3.63. The molecule has 152 valence electrons. The average Bonchev–Trinajstić information content (AvgIpc) is 3.34. The van der Waals surface area contributed by atoms with Gasteiger partial charge in [-0.1, -0.05) is 25.2 Å². The zero-order valence-corrected chi connectivity index (χ0v) is 18.1. The summed E-state index contributed by atoms with van der Waals surface area (Å²) in [7, 11) is 3.96. The number of hydrogen-bond donors (Lipinski definition) is 2. The fourth-order valence-corrected chi connectivity index (χ4v) is 4.37. The van der Waals surface area contributed by atoms with Gasteiger partial charge >= 0.3 is 0 Å². The number of thiazole rings is 1. The van der Waals surface area contributed by atoms with Crippen LogP contribution in [0.2, 0.25) is 0 Å². The van der Waals surface area contributed by atoms with Crippen LogP contribution >= 0.6 is 11.3 Å². The average molecular weight is 412 g/mol. The number of carbonyl (C=O) groups is 1. The first-order valence-corrected chi connectivity index (χ1v) is 10.4. The second kappa shape index (κ2) is 7.57. The van der Waals surface area contributed by atoms with Crippen LogP contribution < -0.4 is 5.32 Å². The molecule has 0 saturated carbocycles. The van der Waals surface area contributed by atoms with Gasteiger partial charge in [0.15, 0.2) is 10.7 Å². The highest BCUT2D eigenvalue weighted by molar-refractivity contribution is 7.20. The van der Waals surface area contributed by atoms with Crippen LogP contribution in [-0.2, 0) is 0 Å². The minimum atomic E-state index is -0.127. The van der Waals surface area contributed by atoms with E-state index >= 15 is 0 Å². The Balaban J connectivity index is 1.73. The van der Waals surface area contributed by atoms with Crippen molar-refractivity contribution in [1.29, 1.82) is 0 Å². The van der Waals surface area contributed by atoms with Crippen molar-refractivity contribution in [3.8, 4) is 11.3 Å². The molecule has 29 heavy (non-hydrogen) atoms. The molecule has 0 fully saturated rings. The number of rotatable bonds is 6. The van der Waals surface area contributed by atoms with E-state index in [0.717, 1.165) is 44.9 Å². The number of pyridine rings is 1. The number of carbonyl (C=O) groups excluding carboxylic acids is 1. The van der Waals surface area contributed by atoms with Crippen molar-refractivity contribution >= 4 is 33.2 Å². The highest BCUT2D eigenvalue weighted by Crippen LogP contribution is 2.37. The highest BCUT2D eigenvalue weighted by Gasteiger charge is 2.22. The largest absolute Gasteiger partial charge is 0.349 e. The Kier molecular flexibility index (Phi) is 5.10. The molecule has 4 aromatic heterocycles. The molecule has 0 saturated heterocycles. The standard InChI is InChI=1S/C20H25N7OS/c1-11(2)14-15(13-8-12(3)17-22-10-23-27(17)9-13)24-19-16(14)25-20(29-19)18(28)21-6-7-26(4)5/h8-11,24H,6-7H2,1-5H3,(H,21,28). The molecular weight excluding hydrogens is 386 g/mol. The number of amides is 1. The summed E-state index contributed by atoms with van der Waals surface area (Å²) in [6.45, 7) is 7.70. The van der Waals surface area contributed by atoms with Gasteiger partial charge < -0.3 is 15.2 Å². The van der Waals surface area contributed by atoms with E-state index in [1.165, 1.54) is 11.3 Å². The summed E-state index contributed by atoms with van der Waals surface area (Å²) < 4.78 is 1.79. The predicted molar refractivity (Wildman–Crippen MR) is 116 cm³/mol. The van der Waals surface area contributed by atoms with Crippen molar-refractivity contribution in [3.63, 3.8) is 0 Å². The van der Waals surface area contributed by atoms with Gasteiger partial charge in [0.1, 0.15) is 16.7 Å². The lowest BCUT2D eigenvalue weighted by molar-refractivity contribution is 0.0951. The van der Waals surface area contributed by atoms with Gasteiger partial charge in [0.2, 0.25) is 0 Å². The Morgan fingerprint density at radius 3 is 2.90 bits per heavy atom. The van der Waals surface area contributed by atoms with E-state index in [2.05, 4.69) is 45.3 Å². The van der Waals surface area contributed by atoms with Gasteiger partial charge in [-0.2, -0.15) is 5.10 Å². The maximum absolute atomic E-state index is 12.5. The molecule has 0 aliphatic rings. The summed E-state index contributed by atoms with van der Waals surface area (Å²) >= 11 is 1.39. The van der Waals surface area contributed by atoms with Crippen LogP contribution in [0.25, 0.3) is 27.3 Å². The fourth-order valence-electron chi connectivity index (χ4n) is 3.47. The van der Waals surface area contributed by atoms with Gasteiger partial charge in [-0.15, -0.1) is 0 Å². The van der Waals surface area contributed by atoms with Crippen LogP contribution in [0.5, 0.6) is 0 Å². The summed E-state index contributed by atoms with van der Waals surface area (Å²) in [5.41, 5.74) is 5.95. The van der Waals surface area contributed by atoms with E-state index in [9.17, 15) is 4.79 Å². The molecule has 0 aliphatic heterocycles. The van der Waals surface area contributed by atoms with Crippen LogP contribution in [0.4, 0.5) is 0 Å². The predicted octanol–water partition coefficient (Wildman–Crippen LogP) is 3.06. The Morgan fingerprint density at radius 1 is 1.38 bits per heavy atom. The van der Waals surface area contributed by atoms with Crippen molar-refractivity contribution in [2.45, 2.75) is 26.7 Å². The summed E-state index contributed by atoms with van der Waals surface area (Å²) in [4.78, 5) is 27.9. The van der Waals surface area contributed by atoms with Crippen LogP contribution in [0, 0.1) is 6.92 Å². The molecule has 0 aromatic carbocycles. The van der Waals surface area contributed by atoms with Crippen molar-refractivity contribution < 1.29 is 4.79 Å². The van der Waals surface area contributed by atoms with Gasteiger partial charge in [-0.3, -0.25) is 4.79 Å². The number of fused-ring (bicyclic) bond motifs is 2. The Morgan fingerprint density at radius 2 is 2.17 bits per heavy atom. The lowest BCUT2D eigenvalue weighted by Gasteiger charge is -2.10. The second-order valence-electron chi connectivity index (χ2n) is 7.76. The third-order valence-corrected chi connectivity index (χ3v) is 5.82. The lowest BCUT2D eigenvalue weighted by atomic mass is 9.99. The molecule has 0 radical (unpaired) electrons. The van der Waals surface area contributed by atoms with E-state index in [-0.39, 0.29) is 11.8 Å². The molecular formula is C20H25N7OS. The highest BCUT2D eigenvalue weighted by atomic mass is 32.1. The molecule has 4 heterocycles. The molecule has 0 spiro atoms. The number of aromatic amines is 1. The van der Waals surface area contributed by atoms with E-state index in [1.54, 1.807) is 10.8 Å². The molecule has 0 aliphatic carbocycles. The third-order valence-electron chi connectivity index (χ3n) is 4.85. The zero-order chi connectivity index (χ0) is 20.7. The van der Waals surface area contributed by atoms with Crippen LogP contribution in [-0.4, -0.2) is 62.6 Å². The number of nitrogens with zero attached hydrogens (tertiary/aromatic N) is 5. The van der Waals surface area contributed by atoms with Crippen LogP contribution in [0.1, 0.15) is 40.7 Å². The van der Waals surface area contributed by atoms with Crippen LogP contribution in [0.3, 0.4) is 0 Å². The number of aryl methyl sites for hydroxylation is 1. The van der Waals surface area contributed by atoms with E-state index in [4.69, 9.17) is 0 Å². The minimum Gasteiger partial charge on any atom is -0.349 e. The number of hydrogen-bond acceptors (Lipinski definition) is 6. The van der Waals surface area contributed by atoms with E-state index in [1.807, 2.05) is 32.1 Å². The number of H-pyrrole nitrogens is 1. The van der Waals surface area contributed by atoms with Gasteiger partial charge in [0, 0.05) is 30.4 Å². The Labute approximate surface area is 173 Å². The monoisotopic (exact) mass is 411 g/mol. The summed E-state index contributed by atoms with van der Waals surface area (Å²) in [5.74, 6) is 0.120. The normalized spacial score (nSPS) is 12.0. The molecule has 0 unspecified atom stereocenters. The van der Waals surface area contributed by atoms with Crippen LogP contribution in [0.15, 0.2) is 18.6 Å². The first-order valence-electron chi connectivity index (χ1n) is 9.61. The molecule has 2 N–H and O–H groups in total. The number of likely N-dealkylation sites (N-methyl/N-ethyl adjacent to an activating group) is 1. The SMILES string of the molecule is Cc1cc(-c2[nH]c3sc(C(=O)NCCN(C)C)nc3c2C(C)C)cn2ncnc12. The lowest BCUT2D eigenvalue weighted by Crippen LogP contribution is -2.31. The van der Waals surface area contributed by atoms with Crippen molar-refractivity contribution in [1.82, 2.24) is 34.8 Å². The van der Waals surface area contributed by atoms with Gasteiger partial charge in [-0.05, 0) is 38.6 Å². The first-order chi connectivity index (χ1) is 13.8. The first kappa shape index (κ1) is 19.5. The Bertz CT molecular complexity index is 1180. The molecule has 8 nitrogen and oxygen atoms in total. The molecule has 9 heteroatoms. The second-order valence-corrected chi connectivity index (χ2v) is 8.76. The number of nitrogens with one attached hydrogen (secondary N) is 2. The molecule has 4 rings (SSSR count). The molecule has 0 bridgehead atoms. The Hall–Kier alpha value is -2.78. The maximum Gasteiger partial charge on any atom is 0.280 e. The maximum atomic E-state index is 12.5. The minimum absolute atomic E-state index is 0.127. The van der Waals surface area contributed by atoms with E-state index in [0.29, 0.717) is 11.6 Å². The van der Waals surface area contributed by atoms with Crippen molar-refractivity contribution in [3.05, 3.63) is 34.7 Å². The zero-order valence-electron chi connectivity index (χ0n) is 17.3. The van der Waals surface area contributed by atoms with Gasteiger partial charge in [0.25, 0.3) is 5.91 Å². The molecule has 4 aromatic rings. The topological polar surface area (TPSA) is 91.2 Å². The van der Waals surface area contributed by atoms with Crippen molar-refractivity contribution in [2.75, 3.05) is 27.2 Å². The van der Waals surface area contributed by atoms with Crippen molar-refractivity contribution in [2.24, 2.45) is 0 Å². The molecule has 1 amide bonds. The molecule has 0 atom stereocenters. The number of aromatic nitrogens is 5. The fraction of sp³-hybridized carbons (Fsp3) is 0.400. The summed E-state index contributed by atoms with van der Waals surface area (Å²) in [5, 5.41) is 7.71. The summed E-state index contributed by atoms with van der Waals surface area (Å²) in [6, 6.07) is 2.11. The summed E-state index contributed by atoms with van der Waals surface area (Å²) in [6.07, 6.45) is 3.54. The van der Waals surface area contributed by atoms with Gasteiger partial charge in [-0.25, -0.2) is 14.5 Å². The smallest absolute Gasteiger partial charge is 0.280 e. The van der Waals surface area contributed by atoms with E-state index < -0.39 is 0 Å². The van der Waals surface area contributed by atoms with Gasteiger partial charge in [0.05, 0.1) is 5.69 Å².